The van der Waals surface area contributed by atoms with E-state index in [1.807, 2.05) is 6.92 Å². The van der Waals surface area contributed by atoms with E-state index in [0.29, 0.717) is 12.6 Å². The molecule has 0 spiro atoms. The van der Waals surface area contributed by atoms with Crippen LogP contribution < -0.4 is 5.73 Å². The van der Waals surface area contributed by atoms with Gasteiger partial charge < -0.3 is 15.2 Å². The lowest BCUT2D eigenvalue weighted by Crippen LogP contribution is -2.54. The molecule has 11 heavy (non-hydrogen) atoms. The molecular formula is C8H17NO2. The van der Waals surface area contributed by atoms with Crippen LogP contribution in [0.3, 0.4) is 0 Å². The third-order valence-corrected chi connectivity index (χ3v) is 2.36. The zero-order chi connectivity index (χ0) is 8.32. The lowest BCUT2D eigenvalue weighted by Gasteiger charge is -2.45. The number of nitrogens with two attached hydrogens (primary N) is 1. The van der Waals surface area contributed by atoms with Crippen LogP contribution in [0.2, 0.25) is 0 Å². The van der Waals surface area contributed by atoms with Crippen LogP contribution in [0.5, 0.6) is 0 Å². The van der Waals surface area contributed by atoms with Crippen LogP contribution in [0.15, 0.2) is 0 Å². The highest BCUT2D eigenvalue weighted by Crippen LogP contribution is 2.36. The maximum atomic E-state index is 5.59. The highest BCUT2D eigenvalue weighted by molar-refractivity contribution is 4.97. The molecule has 0 aromatic heterocycles. The molecule has 66 valence electrons. The van der Waals surface area contributed by atoms with Gasteiger partial charge in [0.1, 0.15) is 0 Å². The summed E-state index contributed by atoms with van der Waals surface area (Å²) in [5.74, 6) is 0. The molecule has 1 aliphatic carbocycles. The van der Waals surface area contributed by atoms with Crippen LogP contribution in [0.25, 0.3) is 0 Å². The van der Waals surface area contributed by atoms with Crippen LogP contribution in [0.4, 0.5) is 0 Å². The lowest BCUT2D eigenvalue weighted by molar-refractivity contribution is -0.155. The highest BCUT2D eigenvalue weighted by atomic mass is 16.5. The number of hydrogen-bond donors (Lipinski definition) is 1. The first-order chi connectivity index (χ1) is 5.26. The SMILES string of the molecule is CCOC1(CN)CC(OC)C1. The van der Waals surface area contributed by atoms with E-state index in [9.17, 15) is 0 Å². The van der Waals surface area contributed by atoms with Crippen molar-refractivity contribution in [2.75, 3.05) is 20.3 Å². The second-order valence-corrected chi connectivity index (χ2v) is 3.09. The first-order valence-electron chi connectivity index (χ1n) is 4.13. The Morgan fingerprint density at radius 2 is 2.18 bits per heavy atom. The van der Waals surface area contributed by atoms with Crippen molar-refractivity contribution in [3.8, 4) is 0 Å². The van der Waals surface area contributed by atoms with Crippen molar-refractivity contribution >= 4 is 0 Å². The molecule has 0 amide bonds. The van der Waals surface area contributed by atoms with Gasteiger partial charge in [0.25, 0.3) is 0 Å². The summed E-state index contributed by atoms with van der Waals surface area (Å²) >= 11 is 0. The Morgan fingerprint density at radius 1 is 1.55 bits per heavy atom. The second kappa shape index (κ2) is 3.52. The summed E-state index contributed by atoms with van der Waals surface area (Å²) in [5, 5.41) is 0. The van der Waals surface area contributed by atoms with Crippen molar-refractivity contribution in [2.24, 2.45) is 5.73 Å². The van der Waals surface area contributed by atoms with Crippen LogP contribution in [-0.4, -0.2) is 32.0 Å². The topological polar surface area (TPSA) is 44.5 Å². The summed E-state index contributed by atoms with van der Waals surface area (Å²) in [6, 6.07) is 0. The van der Waals surface area contributed by atoms with E-state index in [-0.39, 0.29) is 5.60 Å². The van der Waals surface area contributed by atoms with Gasteiger partial charge in [-0.1, -0.05) is 0 Å². The maximum absolute atomic E-state index is 5.59. The summed E-state index contributed by atoms with van der Waals surface area (Å²) in [7, 11) is 1.73. The van der Waals surface area contributed by atoms with Gasteiger partial charge in [-0.25, -0.2) is 0 Å². The van der Waals surface area contributed by atoms with Gasteiger partial charge in [-0.3, -0.25) is 0 Å². The molecule has 0 aromatic carbocycles. The summed E-state index contributed by atoms with van der Waals surface area (Å²) in [6.45, 7) is 3.35. The molecule has 0 unspecified atom stereocenters. The highest BCUT2D eigenvalue weighted by Gasteiger charge is 2.44. The van der Waals surface area contributed by atoms with Crippen LogP contribution in [0.1, 0.15) is 19.8 Å². The van der Waals surface area contributed by atoms with Crippen molar-refractivity contribution in [2.45, 2.75) is 31.5 Å². The zero-order valence-electron chi connectivity index (χ0n) is 7.30. The summed E-state index contributed by atoms with van der Waals surface area (Å²) in [4.78, 5) is 0. The molecule has 3 heteroatoms. The summed E-state index contributed by atoms with van der Waals surface area (Å²) in [5.41, 5.74) is 5.53. The van der Waals surface area contributed by atoms with Gasteiger partial charge in [0.05, 0.1) is 11.7 Å². The fourth-order valence-electron chi connectivity index (χ4n) is 1.59. The maximum Gasteiger partial charge on any atom is 0.0853 e. The van der Waals surface area contributed by atoms with Gasteiger partial charge in [0.15, 0.2) is 0 Å². The molecule has 0 atom stereocenters. The minimum Gasteiger partial charge on any atom is -0.381 e. The Balaban J connectivity index is 2.30. The molecule has 0 heterocycles. The zero-order valence-corrected chi connectivity index (χ0v) is 7.30. The van der Waals surface area contributed by atoms with Gasteiger partial charge >= 0.3 is 0 Å². The van der Waals surface area contributed by atoms with Crippen molar-refractivity contribution in [3.63, 3.8) is 0 Å². The van der Waals surface area contributed by atoms with E-state index < -0.39 is 0 Å². The van der Waals surface area contributed by atoms with Gasteiger partial charge in [0, 0.05) is 33.1 Å². The van der Waals surface area contributed by atoms with Gasteiger partial charge in [-0.15, -0.1) is 0 Å². The Kier molecular flexibility index (Phi) is 2.87. The van der Waals surface area contributed by atoms with Crippen LogP contribution in [0, 0.1) is 0 Å². The molecule has 2 N–H and O–H groups in total. The van der Waals surface area contributed by atoms with Crippen LogP contribution in [-0.2, 0) is 9.47 Å². The van der Waals surface area contributed by atoms with E-state index in [1.54, 1.807) is 7.11 Å². The first kappa shape index (κ1) is 8.97. The largest absolute Gasteiger partial charge is 0.381 e. The van der Waals surface area contributed by atoms with Gasteiger partial charge in [0.2, 0.25) is 0 Å². The number of hydrogen-bond acceptors (Lipinski definition) is 3. The van der Waals surface area contributed by atoms with Crippen molar-refractivity contribution in [1.29, 1.82) is 0 Å². The lowest BCUT2D eigenvalue weighted by atomic mass is 9.77. The van der Waals surface area contributed by atoms with Crippen molar-refractivity contribution in [1.82, 2.24) is 0 Å². The predicted octanol–water partition coefficient (Wildman–Crippen LogP) is 0.529. The minimum absolute atomic E-state index is 0.0601. The minimum atomic E-state index is -0.0601. The molecule has 0 aromatic rings. The standard InChI is InChI=1S/C8H17NO2/c1-3-11-8(6-9)4-7(5-8)10-2/h7H,3-6,9H2,1-2H3. The van der Waals surface area contributed by atoms with Crippen molar-refractivity contribution in [3.05, 3.63) is 0 Å². The van der Waals surface area contributed by atoms with Gasteiger partial charge in [-0.2, -0.15) is 0 Å². The first-order valence-corrected chi connectivity index (χ1v) is 4.13. The average Bonchev–Trinajstić information content (AvgIpc) is 1.96. The second-order valence-electron chi connectivity index (χ2n) is 3.09. The molecule has 1 saturated carbocycles. The van der Waals surface area contributed by atoms with E-state index in [1.165, 1.54) is 0 Å². The Hall–Kier alpha value is -0.120. The number of ether oxygens (including phenoxy) is 2. The molecular weight excluding hydrogens is 142 g/mol. The summed E-state index contributed by atoms with van der Waals surface area (Å²) in [6.07, 6.45) is 2.27. The third-order valence-electron chi connectivity index (χ3n) is 2.36. The molecule has 0 bridgehead atoms. The smallest absolute Gasteiger partial charge is 0.0853 e. The quantitative estimate of drug-likeness (QED) is 0.650. The monoisotopic (exact) mass is 159 g/mol. The normalized spacial score (nSPS) is 36.8. The molecule has 1 aliphatic rings. The molecule has 3 nitrogen and oxygen atoms in total. The Bertz CT molecular complexity index is 121. The predicted molar refractivity (Wildman–Crippen MR) is 43.4 cm³/mol. The van der Waals surface area contributed by atoms with Gasteiger partial charge in [-0.05, 0) is 6.92 Å². The van der Waals surface area contributed by atoms with E-state index in [4.69, 9.17) is 15.2 Å². The van der Waals surface area contributed by atoms with Crippen LogP contribution >= 0.6 is 0 Å². The van der Waals surface area contributed by atoms with Crippen molar-refractivity contribution < 1.29 is 9.47 Å². The Labute approximate surface area is 67.9 Å². The average molecular weight is 159 g/mol. The molecule has 0 radical (unpaired) electrons. The van der Waals surface area contributed by atoms with E-state index >= 15 is 0 Å². The van der Waals surface area contributed by atoms with E-state index in [2.05, 4.69) is 0 Å². The third kappa shape index (κ3) is 1.72. The number of rotatable bonds is 4. The fraction of sp³-hybridized carbons (Fsp3) is 1.00. The molecule has 0 aliphatic heterocycles. The summed E-state index contributed by atoms with van der Waals surface area (Å²) < 4.78 is 10.7. The fourth-order valence-corrected chi connectivity index (χ4v) is 1.59. The molecule has 1 rings (SSSR count). The molecule has 1 fully saturated rings. The Morgan fingerprint density at radius 3 is 2.55 bits per heavy atom. The molecule has 0 saturated heterocycles. The number of methoxy groups -OCH3 is 1. The van der Waals surface area contributed by atoms with E-state index in [0.717, 1.165) is 19.4 Å².